The third-order valence-electron chi connectivity index (χ3n) is 5.75. The second-order valence-corrected chi connectivity index (χ2v) is 9.43. The number of aromatic nitrogens is 5. The maximum atomic E-state index is 13.4. The van der Waals surface area contributed by atoms with Gasteiger partial charge in [0, 0.05) is 32.2 Å². The lowest BCUT2D eigenvalue weighted by Gasteiger charge is -2.35. The molecule has 3 heterocycles. The first-order valence-electron chi connectivity index (χ1n) is 9.78. The molecule has 158 valence electrons. The van der Waals surface area contributed by atoms with Gasteiger partial charge in [0.25, 0.3) is 0 Å². The Hall–Kier alpha value is -2.85. The van der Waals surface area contributed by atoms with E-state index in [2.05, 4.69) is 25.0 Å². The predicted octanol–water partition coefficient (Wildman–Crippen LogP) is 1.80. The summed E-state index contributed by atoms with van der Waals surface area (Å²) in [6.45, 7) is 9.59. The zero-order valence-electron chi connectivity index (χ0n) is 17.6. The Kier molecular flexibility index (Phi) is 5.29. The van der Waals surface area contributed by atoms with Gasteiger partial charge in [-0.15, -0.1) is 0 Å². The van der Waals surface area contributed by atoms with Crippen LogP contribution in [0.1, 0.15) is 22.3 Å². The van der Waals surface area contributed by atoms with Gasteiger partial charge in [0.15, 0.2) is 5.82 Å². The van der Waals surface area contributed by atoms with E-state index in [9.17, 15) is 8.42 Å². The van der Waals surface area contributed by atoms with Gasteiger partial charge in [0.2, 0.25) is 10.0 Å². The highest BCUT2D eigenvalue weighted by Gasteiger charge is 2.32. The molecule has 1 aliphatic rings. The van der Waals surface area contributed by atoms with E-state index in [0.29, 0.717) is 36.9 Å². The summed E-state index contributed by atoms with van der Waals surface area (Å²) in [5.41, 5.74) is 3.65. The standard InChI is InChI=1S/C20H25N7O2S/c1-14-9-15(2)17(4)20(16(14)3)30(28,29)26-7-5-25(6-8-26)18-10-19(23-12-22-18)27-13-21-11-24-27/h9-13H,5-8H2,1-4H3. The van der Waals surface area contributed by atoms with Gasteiger partial charge < -0.3 is 4.90 Å². The predicted molar refractivity (Wildman–Crippen MR) is 113 cm³/mol. The van der Waals surface area contributed by atoms with Crippen LogP contribution in [-0.4, -0.2) is 63.6 Å². The normalized spacial score (nSPS) is 15.5. The average molecular weight is 428 g/mol. The fourth-order valence-corrected chi connectivity index (χ4v) is 5.81. The molecule has 2 aromatic heterocycles. The van der Waals surface area contributed by atoms with Gasteiger partial charge in [-0.25, -0.2) is 28.1 Å². The highest BCUT2D eigenvalue weighted by Crippen LogP contribution is 2.29. The molecule has 30 heavy (non-hydrogen) atoms. The molecule has 0 unspecified atom stereocenters. The van der Waals surface area contributed by atoms with Crippen LogP contribution in [0.25, 0.3) is 5.82 Å². The highest BCUT2D eigenvalue weighted by molar-refractivity contribution is 7.89. The molecular weight excluding hydrogens is 402 g/mol. The molecule has 1 saturated heterocycles. The zero-order valence-corrected chi connectivity index (χ0v) is 18.4. The first-order chi connectivity index (χ1) is 14.3. The van der Waals surface area contributed by atoms with Crippen molar-refractivity contribution in [1.29, 1.82) is 0 Å². The van der Waals surface area contributed by atoms with Crippen molar-refractivity contribution in [3.63, 3.8) is 0 Å². The van der Waals surface area contributed by atoms with E-state index in [4.69, 9.17) is 0 Å². The van der Waals surface area contributed by atoms with Gasteiger partial charge in [0.1, 0.15) is 24.8 Å². The molecule has 0 N–H and O–H groups in total. The van der Waals surface area contributed by atoms with E-state index < -0.39 is 10.0 Å². The topological polar surface area (TPSA) is 97.1 Å². The number of nitrogens with zero attached hydrogens (tertiary/aromatic N) is 7. The van der Waals surface area contributed by atoms with Gasteiger partial charge >= 0.3 is 0 Å². The minimum atomic E-state index is -3.57. The Labute approximate surface area is 176 Å². The minimum Gasteiger partial charge on any atom is -0.354 e. The van der Waals surface area contributed by atoms with E-state index in [-0.39, 0.29) is 0 Å². The number of sulfonamides is 1. The SMILES string of the molecule is Cc1cc(C)c(C)c(S(=O)(=O)N2CCN(c3cc(-n4cncn4)ncn3)CC2)c1C. The minimum absolute atomic E-state index is 0.400. The second kappa shape index (κ2) is 7.77. The second-order valence-electron chi connectivity index (χ2n) is 7.56. The van der Waals surface area contributed by atoms with Crippen molar-refractivity contribution in [3.8, 4) is 5.82 Å². The molecule has 0 aliphatic carbocycles. The van der Waals surface area contributed by atoms with Gasteiger partial charge in [-0.1, -0.05) is 6.07 Å². The van der Waals surface area contributed by atoms with Crippen molar-refractivity contribution in [3.05, 3.63) is 53.4 Å². The van der Waals surface area contributed by atoms with Crippen LogP contribution in [-0.2, 0) is 10.0 Å². The number of aryl methyl sites for hydroxylation is 2. The van der Waals surface area contributed by atoms with E-state index in [1.807, 2.05) is 39.8 Å². The van der Waals surface area contributed by atoms with Crippen LogP contribution in [0.15, 0.2) is 36.0 Å². The molecule has 10 heteroatoms. The molecule has 0 atom stereocenters. The quantitative estimate of drug-likeness (QED) is 0.626. The first-order valence-corrected chi connectivity index (χ1v) is 11.2. The Bertz CT molecular complexity index is 1140. The summed E-state index contributed by atoms with van der Waals surface area (Å²) < 4.78 is 30.0. The summed E-state index contributed by atoms with van der Waals surface area (Å²) in [4.78, 5) is 15.0. The van der Waals surface area contributed by atoms with E-state index in [1.165, 1.54) is 12.7 Å². The Morgan fingerprint density at radius 1 is 0.833 bits per heavy atom. The zero-order chi connectivity index (χ0) is 21.5. The van der Waals surface area contributed by atoms with Crippen molar-refractivity contribution in [1.82, 2.24) is 29.0 Å². The summed E-state index contributed by atoms with van der Waals surface area (Å²) in [6, 6.07) is 3.88. The maximum Gasteiger partial charge on any atom is 0.243 e. The third kappa shape index (κ3) is 3.56. The molecule has 0 radical (unpaired) electrons. The molecule has 0 saturated carbocycles. The fourth-order valence-electron chi connectivity index (χ4n) is 3.82. The first kappa shape index (κ1) is 20.4. The van der Waals surface area contributed by atoms with Crippen molar-refractivity contribution in [2.75, 3.05) is 31.1 Å². The van der Waals surface area contributed by atoms with Crippen LogP contribution >= 0.6 is 0 Å². The van der Waals surface area contributed by atoms with E-state index in [1.54, 1.807) is 15.3 Å². The maximum absolute atomic E-state index is 13.4. The lowest BCUT2D eigenvalue weighted by Crippen LogP contribution is -2.49. The van der Waals surface area contributed by atoms with Crippen LogP contribution in [0.2, 0.25) is 0 Å². The molecule has 3 aromatic rings. The Balaban J connectivity index is 1.55. The van der Waals surface area contributed by atoms with Crippen molar-refractivity contribution >= 4 is 15.8 Å². The lowest BCUT2D eigenvalue weighted by molar-refractivity contribution is 0.383. The third-order valence-corrected chi connectivity index (χ3v) is 7.92. The molecule has 4 rings (SSSR count). The largest absolute Gasteiger partial charge is 0.354 e. The number of piperazine rings is 1. The van der Waals surface area contributed by atoms with Crippen LogP contribution in [0.4, 0.5) is 5.82 Å². The van der Waals surface area contributed by atoms with E-state index >= 15 is 0 Å². The number of benzene rings is 1. The summed E-state index contributed by atoms with van der Waals surface area (Å²) in [6.07, 6.45) is 4.51. The summed E-state index contributed by atoms with van der Waals surface area (Å²) >= 11 is 0. The molecule has 9 nitrogen and oxygen atoms in total. The van der Waals surface area contributed by atoms with Crippen LogP contribution in [0, 0.1) is 27.7 Å². The fraction of sp³-hybridized carbons (Fsp3) is 0.400. The van der Waals surface area contributed by atoms with Gasteiger partial charge in [-0.2, -0.15) is 9.40 Å². The monoisotopic (exact) mass is 427 g/mol. The van der Waals surface area contributed by atoms with Crippen molar-refractivity contribution < 1.29 is 8.42 Å². The van der Waals surface area contributed by atoms with E-state index in [0.717, 1.165) is 28.1 Å². The van der Waals surface area contributed by atoms with Crippen LogP contribution < -0.4 is 4.90 Å². The Morgan fingerprint density at radius 2 is 1.47 bits per heavy atom. The number of anilines is 1. The van der Waals surface area contributed by atoms with Gasteiger partial charge in [-0.3, -0.25) is 0 Å². The summed E-state index contributed by atoms with van der Waals surface area (Å²) in [5.74, 6) is 1.36. The Morgan fingerprint density at radius 3 is 2.07 bits per heavy atom. The number of rotatable bonds is 4. The molecular formula is C20H25N7O2S. The summed E-state index contributed by atoms with van der Waals surface area (Å²) in [7, 11) is -3.57. The lowest BCUT2D eigenvalue weighted by atomic mass is 10.0. The molecule has 1 fully saturated rings. The molecule has 0 amide bonds. The summed E-state index contributed by atoms with van der Waals surface area (Å²) in [5, 5.41) is 4.09. The highest BCUT2D eigenvalue weighted by atomic mass is 32.2. The van der Waals surface area contributed by atoms with Gasteiger partial charge in [0.05, 0.1) is 4.90 Å². The van der Waals surface area contributed by atoms with Crippen LogP contribution in [0.5, 0.6) is 0 Å². The number of hydrogen-bond acceptors (Lipinski definition) is 7. The molecule has 0 spiro atoms. The molecule has 0 bridgehead atoms. The molecule has 1 aromatic carbocycles. The number of hydrogen-bond donors (Lipinski definition) is 0. The van der Waals surface area contributed by atoms with Gasteiger partial charge in [-0.05, 0) is 49.9 Å². The van der Waals surface area contributed by atoms with Crippen molar-refractivity contribution in [2.24, 2.45) is 0 Å². The average Bonchev–Trinajstić information content (AvgIpc) is 3.28. The van der Waals surface area contributed by atoms with Crippen LogP contribution in [0.3, 0.4) is 0 Å². The van der Waals surface area contributed by atoms with Crippen molar-refractivity contribution in [2.45, 2.75) is 32.6 Å². The smallest absolute Gasteiger partial charge is 0.243 e. The molecule has 1 aliphatic heterocycles.